The molecule has 0 aliphatic carbocycles. The van der Waals surface area contributed by atoms with Crippen molar-refractivity contribution in [1.29, 1.82) is 0 Å². The summed E-state index contributed by atoms with van der Waals surface area (Å²) in [6, 6.07) is 59.8. The molecule has 16 aromatic heterocycles. The minimum atomic E-state index is 0.619. The molecule has 0 radical (unpaired) electrons. The zero-order valence-electron chi connectivity index (χ0n) is 65.5. The Hall–Kier alpha value is -16.1. The van der Waals surface area contributed by atoms with Gasteiger partial charge in [0.25, 0.3) is 0 Å². The Morgan fingerprint density at radius 3 is 0.872 bits per heavy atom. The second kappa shape index (κ2) is 45.9. The van der Waals surface area contributed by atoms with Gasteiger partial charge < -0.3 is 0 Å². The predicted molar refractivity (Wildman–Crippen MR) is 446 cm³/mol. The Morgan fingerprint density at radius 2 is 0.470 bits per heavy atom. The SMILES string of the molecule is Cc1ccnc(-c2ccncc2)n1.Cc1nccc(-c2ccccc2)n1.Cc1nccc(-c2ccccn2)n1.Cc1nccc(-c2cccnc2)n1.Cc1nccc(-c2ccncc2)n1.Cc1ncnc(-c2ccccc2)n1.Cc1ncnc(-c2ccccn2)n1.Cc1ncnc(-c2cccnc2)n1.Cc1ncnc(-c2ccncc2)n1. The third-order valence-electron chi connectivity index (χ3n) is 15.3. The van der Waals surface area contributed by atoms with Crippen molar-refractivity contribution in [2.75, 3.05) is 0 Å². The van der Waals surface area contributed by atoms with Crippen molar-refractivity contribution < 1.29 is 0 Å². The molecule has 0 N–H and O–H groups in total. The van der Waals surface area contributed by atoms with Crippen LogP contribution >= 0.6 is 0 Å². The van der Waals surface area contributed by atoms with E-state index in [0.717, 1.165) is 125 Å². The number of aryl methyl sites for hydroxylation is 9. The Morgan fingerprint density at radius 1 is 0.154 bits per heavy atom. The first-order valence-electron chi connectivity index (χ1n) is 36.3. The Labute approximate surface area is 676 Å². The molecule has 0 saturated heterocycles. The average Bonchev–Trinajstić information content (AvgIpc) is 0.929. The van der Waals surface area contributed by atoms with Crippen LogP contribution in [0.5, 0.6) is 0 Å². The van der Waals surface area contributed by atoms with E-state index in [1.54, 1.807) is 105 Å². The number of aromatic nitrogens is 29. The fourth-order valence-electron chi connectivity index (χ4n) is 9.83. The van der Waals surface area contributed by atoms with E-state index < -0.39 is 0 Å². The number of hydrogen-bond acceptors (Lipinski definition) is 29. The van der Waals surface area contributed by atoms with Gasteiger partial charge in [0.05, 0.1) is 28.5 Å². The van der Waals surface area contributed by atoms with Crippen LogP contribution in [-0.4, -0.2) is 145 Å². The van der Waals surface area contributed by atoms with E-state index in [1.807, 2.05) is 250 Å². The summed E-state index contributed by atoms with van der Waals surface area (Å²) in [6.45, 7) is 16.8. The van der Waals surface area contributed by atoms with Crippen molar-refractivity contribution in [2.45, 2.75) is 62.3 Å². The van der Waals surface area contributed by atoms with E-state index >= 15 is 0 Å². The Kier molecular flexibility index (Phi) is 32.7. The third-order valence-corrected chi connectivity index (χ3v) is 15.3. The molecule has 18 rings (SSSR count). The van der Waals surface area contributed by atoms with Gasteiger partial charge in [-0.2, -0.15) is 0 Å². The van der Waals surface area contributed by atoms with E-state index in [9.17, 15) is 0 Å². The number of nitrogens with zero attached hydrogens (tertiary/aromatic N) is 29. The molecule has 2 aromatic carbocycles. The molecule has 0 unspecified atom stereocenters. The van der Waals surface area contributed by atoms with Gasteiger partial charge in [-0.05, 0) is 178 Å². The molecule has 0 aliphatic rings. The summed E-state index contributed by atoms with van der Waals surface area (Å²) in [6.07, 6.45) is 35.7. The lowest BCUT2D eigenvalue weighted by Gasteiger charge is -1.99. The highest BCUT2D eigenvalue weighted by Gasteiger charge is 2.07. The van der Waals surface area contributed by atoms with E-state index in [2.05, 4.69) is 145 Å². The van der Waals surface area contributed by atoms with Crippen LogP contribution < -0.4 is 0 Å². The Bertz CT molecular complexity index is 4740. The van der Waals surface area contributed by atoms with Crippen molar-refractivity contribution >= 4 is 0 Å². The monoisotopic (exact) mass is 1540 g/mol. The van der Waals surface area contributed by atoms with Crippen LogP contribution in [0, 0.1) is 62.3 Å². The molecule has 29 nitrogen and oxygen atoms in total. The van der Waals surface area contributed by atoms with E-state index in [-0.39, 0.29) is 0 Å². The zero-order chi connectivity index (χ0) is 81.9. The molecule has 18 aromatic rings. The Balaban J connectivity index is 0.000000139. The highest BCUT2D eigenvalue weighted by Crippen LogP contribution is 2.20. The normalized spacial score (nSPS) is 9.92. The fourth-order valence-corrected chi connectivity index (χ4v) is 9.83. The average molecular weight is 1540 g/mol. The smallest absolute Gasteiger partial charge is 0.181 e. The summed E-state index contributed by atoms with van der Waals surface area (Å²) in [5, 5.41) is 0. The maximum atomic E-state index is 4.33. The molecule has 576 valence electrons. The molecular formula is C88H79N29. The first-order chi connectivity index (χ1) is 57.2. The number of hydrogen-bond donors (Lipinski definition) is 0. The molecule has 16 heterocycles. The van der Waals surface area contributed by atoms with Crippen LogP contribution in [0.2, 0.25) is 0 Å². The van der Waals surface area contributed by atoms with Gasteiger partial charge in [-0.15, -0.1) is 0 Å². The maximum Gasteiger partial charge on any atom is 0.181 e. The third kappa shape index (κ3) is 29.0. The van der Waals surface area contributed by atoms with Gasteiger partial charge in [0.15, 0.2) is 29.1 Å². The zero-order valence-corrected chi connectivity index (χ0v) is 65.5. The van der Waals surface area contributed by atoms with Crippen LogP contribution in [-0.2, 0) is 0 Å². The van der Waals surface area contributed by atoms with Gasteiger partial charge >= 0.3 is 0 Å². The summed E-state index contributed by atoms with van der Waals surface area (Å²) in [7, 11) is 0. The van der Waals surface area contributed by atoms with Crippen molar-refractivity contribution in [1.82, 2.24) is 145 Å². The van der Waals surface area contributed by atoms with Gasteiger partial charge in [-0.25, -0.2) is 110 Å². The van der Waals surface area contributed by atoms with E-state index in [0.29, 0.717) is 29.1 Å². The molecule has 0 spiro atoms. The standard InChI is InChI=1S/C11H10N2.5C10H9N3.3C9H8N4/c1-9-12-8-7-11(13-9)10-5-3-2-4-6-10;1-8-2-7-12-10(13-8)9-3-5-11-6-4-9;1-8-12-7-4-10(13-8)9-2-5-11-6-3-9;1-8-12-6-4-10(13-8)9-3-2-5-11-7-9;1-8-11-7-5-10(13-8)9-4-2-3-6-12-9;1-8-11-7-12-10(13-8)9-5-3-2-4-6-9;1-7-11-6-12-9(13-7)8-2-4-10-5-3-8;1-7-11-6-12-9(13-7)8-3-2-4-10-5-8;1-7-11-6-12-9(13-7)8-4-2-3-5-10-8/h2-8H,1H3;5*2-7H,1H3;3*2-6H,1H3. The van der Waals surface area contributed by atoms with E-state index in [4.69, 9.17) is 0 Å². The molecule has 0 saturated carbocycles. The lowest BCUT2D eigenvalue weighted by Crippen LogP contribution is -1.95. The predicted octanol–water partition coefficient (Wildman–Crippen LogP) is 15.4. The van der Waals surface area contributed by atoms with Crippen molar-refractivity contribution in [2.24, 2.45) is 0 Å². The maximum absolute atomic E-state index is 4.33. The van der Waals surface area contributed by atoms with Crippen molar-refractivity contribution in [3.8, 4) is 102 Å². The highest BCUT2D eigenvalue weighted by molar-refractivity contribution is 5.61. The number of pyridine rings is 7. The first-order valence-corrected chi connectivity index (χ1v) is 36.3. The van der Waals surface area contributed by atoms with Gasteiger partial charge in [-0.3, -0.25) is 34.9 Å². The summed E-state index contributed by atoms with van der Waals surface area (Å²) in [5.41, 5.74) is 13.4. The largest absolute Gasteiger partial charge is 0.265 e. The lowest BCUT2D eigenvalue weighted by atomic mass is 10.1. The van der Waals surface area contributed by atoms with Crippen LogP contribution in [0.1, 0.15) is 52.3 Å². The van der Waals surface area contributed by atoms with E-state index in [1.165, 1.54) is 25.3 Å². The summed E-state index contributed by atoms with van der Waals surface area (Å²) in [5.74, 6) is 9.49. The molecular weight excluding hydrogens is 1460 g/mol. The molecule has 0 atom stereocenters. The minimum absolute atomic E-state index is 0.619. The van der Waals surface area contributed by atoms with Crippen LogP contribution in [0.15, 0.2) is 319 Å². The molecule has 0 aliphatic heterocycles. The van der Waals surface area contributed by atoms with Gasteiger partial charge in [0.2, 0.25) is 0 Å². The summed E-state index contributed by atoms with van der Waals surface area (Å²) < 4.78 is 0. The topological polar surface area (TPSA) is 374 Å². The van der Waals surface area contributed by atoms with Crippen LogP contribution in [0.3, 0.4) is 0 Å². The molecule has 29 heteroatoms. The van der Waals surface area contributed by atoms with Crippen LogP contribution in [0.4, 0.5) is 0 Å². The van der Waals surface area contributed by atoms with Crippen LogP contribution in [0.25, 0.3) is 102 Å². The van der Waals surface area contributed by atoms with Gasteiger partial charge in [0, 0.05) is 150 Å². The summed E-state index contributed by atoms with van der Waals surface area (Å²) >= 11 is 0. The first kappa shape index (κ1) is 83.4. The highest BCUT2D eigenvalue weighted by atomic mass is 15.0. The second-order valence-electron chi connectivity index (χ2n) is 24.3. The molecule has 0 fully saturated rings. The van der Waals surface area contributed by atoms with Gasteiger partial charge in [0.1, 0.15) is 77.6 Å². The van der Waals surface area contributed by atoms with Gasteiger partial charge in [-0.1, -0.05) is 72.8 Å². The molecule has 0 amide bonds. The number of rotatable bonds is 9. The lowest BCUT2D eigenvalue weighted by molar-refractivity contribution is 0.974. The second-order valence-corrected chi connectivity index (χ2v) is 24.3. The van der Waals surface area contributed by atoms with Crippen molar-refractivity contribution in [3.63, 3.8) is 0 Å². The fraction of sp³-hybridized carbons (Fsp3) is 0.102. The van der Waals surface area contributed by atoms with Crippen molar-refractivity contribution in [3.05, 3.63) is 371 Å². The number of benzene rings is 2. The minimum Gasteiger partial charge on any atom is -0.265 e. The quantitative estimate of drug-likeness (QED) is 0.129. The molecule has 0 bridgehead atoms. The molecule has 117 heavy (non-hydrogen) atoms. The summed E-state index contributed by atoms with van der Waals surface area (Å²) in [4.78, 5) is 119.